The van der Waals surface area contributed by atoms with Crippen LogP contribution in [0.1, 0.15) is 20.1 Å². The van der Waals surface area contributed by atoms with Crippen molar-refractivity contribution in [3.05, 3.63) is 16.7 Å². The number of H-pyrrole nitrogens is 1. The molecule has 7 N–H and O–H groups in total. The highest BCUT2D eigenvalue weighted by Gasteiger charge is 2.85. The number of aromatic amines is 1. The fourth-order valence-electron chi connectivity index (χ4n) is 3.57. The molecule has 1 aliphatic carbocycles. The van der Waals surface area contributed by atoms with Crippen LogP contribution in [0.3, 0.4) is 0 Å². The summed E-state index contributed by atoms with van der Waals surface area (Å²) in [4.78, 5) is 42.6. The Balaban J connectivity index is 1.59. The summed E-state index contributed by atoms with van der Waals surface area (Å²) in [5.41, 5.74) is -0.255. The number of imidazole rings is 1. The van der Waals surface area contributed by atoms with Crippen LogP contribution in [0.25, 0.3) is 11.2 Å². The molecule has 1 saturated heterocycles. The van der Waals surface area contributed by atoms with Gasteiger partial charge in [-0.3, -0.25) is 23.7 Å². The Morgan fingerprint density at radius 2 is 2.27 bits per heavy atom. The number of nitrogens with one attached hydrogen (secondary N) is 2. The van der Waals surface area contributed by atoms with E-state index >= 15 is 4.39 Å². The number of carbonyl (C=O) groups is 1. The third-order valence-electron chi connectivity index (χ3n) is 5.24. The van der Waals surface area contributed by atoms with E-state index in [2.05, 4.69) is 15.0 Å². The third-order valence-corrected chi connectivity index (χ3v) is 6.47. The number of nitrogen functional groups attached to an aromatic ring is 1. The fraction of sp³-hybridized carbons (Fsp3) is 0.571. The highest BCUT2D eigenvalue weighted by molar-refractivity contribution is 7.50. The van der Waals surface area contributed by atoms with Gasteiger partial charge in [0.15, 0.2) is 28.7 Å². The van der Waals surface area contributed by atoms with Crippen LogP contribution in [-0.4, -0.2) is 70.1 Å². The number of nitrogens with zero attached hydrogens (tertiary/aromatic N) is 3. The molecule has 16 heteroatoms. The normalized spacial score (nSPS) is 35.7. The summed E-state index contributed by atoms with van der Waals surface area (Å²) < 4.78 is 39.2. The first kappa shape index (κ1) is 20.8. The van der Waals surface area contributed by atoms with Crippen LogP contribution < -0.4 is 16.4 Å². The molecule has 3 heterocycles. The molecular weight excluding hydrogens is 430 g/mol. The minimum Gasteiger partial charge on any atom is -0.480 e. The molecule has 2 fully saturated rings. The molecule has 4 rings (SSSR count). The lowest BCUT2D eigenvalue weighted by molar-refractivity contribution is -0.138. The van der Waals surface area contributed by atoms with Crippen molar-refractivity contribution in [1.29, 1.82) is 0 Å². The molecular formula is C14H18FN6O8P. The SMILES string of the molecule is C[C@H](NP(=O)(O)OC1[C@H]2O[C@@H](n3cnc4c(=O)[nH]c(N)nc43)[C@](C)(F)[C@@]12O)C(=O)O. The second kappa shape index (κ2) is 6.29. The van der Waals surface area contributed by atoms with Crippen molar-refractivity contribution in [2.45, 2.75) is 49.6 Å². The Kier molecular flexibility index (Phi) is 4.37. The standard InChI is InChI=1S/C14H18FN6O8P/c1-4(10(23)24)20-30(26,27)29-7-6-14(7,25)13(2,15)11(28-6)21-3-17-5-8(21)18-12(16)19-9(5)22/h3-4,6-7,11,25H,1-2H3,(H,23,24)(H2,20,26,27)(H3,16,18,19,22)/t4-,6+,7?,11+,13-,14-/m0/s1. The molecule has 7 atom stereocenters. The summed E-state index contributed by atoms with van der Waals surface area (Å²) in [7, 11) is -4.71. The van der Waals surface area contributed by atoms with Crippen molar-refractivity contribution in [1.82, 2.24) is 24.6 Å². The molecule has 30 heavy (non-hydrogen) atoms. The van der Waals surface area contributed by atoms with E-state index in [1.807, 2.05) is 5.09 Å². The summed E-state index contributed by atoms with van der Waals surface area (Å²) in [5, 5.41) is 21.4. The number of halogens is 1. The first-order valence-electron chi connectivity index (χ1n) is 8.60. The third kappa shape index (κ3) is 2.85. The van der Waals surface area contributed by atoms with Crippen LogP contribution in [0.15, 0.2) is 11.1 Å². The summed E-state index contributed by atoms with van der Waals surface area (Å²) in [5.74, 6) is -1.65. The summed E-state index contributed by atoms with van der Waals surface area (Å²) in [6.45, 7) is 2.09. The summed E-state index contributed by atoms with van der Waals surface area (Å²) >= 11 is 0. The lowest BCUT2D eigenvalue weighted by Crippen LogP contribution is -2.45. The zero-order valence-corrected chi connectivity index (χ0v) is 16.4. The number of ether oxygens (including phenoxy) is 1. The highest BCUT2D eigenvalue weighted by Crippen LogP contribution is 2.65. The molecule has 1 aliphatic heterocycles. The smallest absolute Gasteiger partial charge is 0.404 e. The summed E-state index contributed by atoms with van der Waals surface area (Å²) in [6, 6.07) is -1.44. The van der Waals surface area contributed by atoms with Crippen molar-refractivity contribution in [2.75, 3.05) is 5.73 Å². The van der Waals surface area contributed by atoms with Crippen molar-refractivity contribution in [3.63, 3.8) is 0 Å². The average molecular weight is 448 g/mol. The molecule has 0 spiro atoms. The van der Waals surface area contributed by atoms with Gasteiger partial charge in [0, 0.05) is 0 Å². The van der Waals surface area contributed by atoms with Crippen molar-refractivity contribution in [3.8, 4) is 0 Å². The lowest BCUT2D eigenvalue weighted by atomic mass is 9.97. The van der Waals surface area contributed by atoms with E-state index < -0.39 is 55.0 Å². The maximum absolute atomic E-state index is 15.7. The number of aliphatic carboxylic acids is 1. The molecule has 0 bridgehead atoms. The number of carboxylic acids is 1. The quantitative estimate of drug-likeness (QED) is 0.282. The van der Waals surface area contributed by atoms with Gasteiger partial charge < -0.3 is 25.6 Å². The minimum atomic E-state index is -4.71. The topological polar surface area (TPSA) is 215 Å². The molecule has 0 amide bonds. The van der Waals surface area contributed by atoms with Gasteiger partial charge in [0.05, 0.1) is 6.33 Å². The van der Waals surface area contributed by atoms with Gasteiger partial charge in [-0.15, -0.1) is 0 Å². The second-order valence-electron chi connectivity index (χ2n) is 7.32. The van der Waals surface area contributed by atoms with Crippen molar-refractivity contribution in [2.24, 2.45) is 0 Å². The predicted octanol–water partition coefficient (Wildman–Crippen LogP) is -1.38. The number of aliphatic hydroxyl groups is 1. The Morgan fingerprint density at radius 1 is 1.60 bits per heavy atom. The van der Waals surface area contributed by atoms with Gasteiger partial charge in [0.25, 0.3) is 5.56 Å². The van der Waals surface area contributed by atoms with E-state index in [0.717, 1.165) is 24.7 Å². The maximum Gasteiger partial charge on any atom is 0.404 e. The van der Waals surface area contributed by atoms with Crippen LogP contribution in [-0.2, 0) is 18.6 Å². The fourth-order valence-corrected chi connectivity index (χ4v) is 4.81. The van der Waals surface area contributed by atoms with Crippen LogP contribution in [0.4, 0.5) is 10.3 Å². The van der Waals surface area contributed by atoms with Gasteiger partial charge >= 0.3 is 13.7 Å². The maximum atomic E-state index is 15.7. The van der Waals surface area contributed by atoms with E-state index in [-0.39, 0.29) is 17.1 Å². The molecule has 2 unspecified atom stereocenters. The van der Waals surface area contributed by atoms with Crippen molar-refractivity contribution < 1.29 is 38.1 Å². The first-order valence-corrected chi connectivity index (χ1v) is 10.2. The van der Waals surface area contributed by atoms with Gasteiger partial charge in [0.2, 0.25) is 5.95 Å². The monoisotopic (exact) mass is 448 g/mol. The molecule has 2 aliphatic rings. The number of rotatable bonds is 6. The Bertz CT molecular complexity index is 1150. The number of carboxylic acid groups (broad SMARTS) is 1. The zero-order chi connectivity index (χ0) is 22.2. The second-order valence-corrected chi connectivity index (χ2v) is 8.83. The van der Waals surface area contributed by atoms with E-state index in [1.54, 1.807) is 0 Å². The van der Waals surface area contributed by atoms with Gasteiger partial charge in [0.1, 0.15) is 18.2 Å². The molecule has 14 nitrogen and oxygen atoms in total. The van der Waals surface area contributed by atoms with E-state index in [1.165, 1.54) is 0 Å². The van der Waals surface area contributed by atoms with Crippen LogP contribution in [0, 0.1) is 0 Å². The molecule has 0 aromatic carbocycles. The number of alkyl halides is 1. The van der Waals surface area contributed by atoms with Gasteiger partial charge in [-0.25, -0.2) is 19.0 Å². The zero-order valence-electron chi connectivity index (χ0n) is 15.5. The molecule has 2 aromatic heterocycles. The Morgan fingerprint density at radius 3 is 2.83 bits per heavy atom. The van der Waals surface area contributed by atoms with E-state index in [9.17, 15) is 24.2 Å². The van der Waals surface area contributed by atoms with Gasteiger partial charge in [-0.05, 0) is 13.8 Å². The van der Waals surface area contributed by atoms with E-state index in [4.69, 9.17) is 20.1 Å². The van der Waals surface area contributed by atoms with Crippen LogP contribution in [0.2, 0.25) is 0 Å². The molecule has 164 valence electrons. The average Bonchev–Trinajstić information content (AvgIpc) is 2.89. The number of hydrogen-bond donors (Lipinski definition) is 6. The largest absolute Gasteiger partial charge is 0.480 e. The van der Waals surface area contributed by atoms with Crippen LogP contribution in [0.5, 0.6) is 0 Å². The lowest BCUT2D eigenvalue weighted by Gasteiger charge is -2.31. The number of fused-ring (bicyclic) bond motifs is 2. The molecule has 1 saturated carbocycles. The predicted molar refractivity (Wildman–Crippen MR) is 95.9 cm³/mol. The van der Waals surface area contributed by atoms with Gasteiger partial charge in [-0.1, -0.05) is 0 Å². The first-order chi connectivity index (χ1) is 13.8. The molecule has 2 aromatic rings. The number of nitrogens with two attached hydrogens (primary N) is 1. The Hall–Kier alpha value is -2.42. The Labute approximate surface area is 166 Å². The molecule has 0 radical (unpaired) electrons. The van der Waals surface area contributed by atoms with Crippen molar-refractivity contribution >= 4 is 30.8 Å². The van der Waals surface area contributed by atoms with E-state index in [0.29, 0.717) is 0 Å². The highest BCUT2D eigenvalue weighted by atomic mass is 31.2. The number of hydrogen-bond acceptors (Lipinski definition) is 9. The summed E-state index contributed by atoms with van der Waals surface area (Å²) in [6.07, 6.45) is -3.32. The number of aromatic nitrogens is 4. The number of anilines is 1. The van der Waals surface area contributed by atoms with Crippen LogP contribution >= 0.6 is 7.75 Å². The van der Waals surface area contributed by atoms with Gasteiger partial charge in [-0.2, -0.15) is 4.98 Å². The minimum absolute atomic E-state index is 0.0859.